The highest BCUT2D eigenvalue weighted by atomic mass is 16.7. The smallest absolute Gasteiger partial charge is 0.205 e. The molecule has 0 aromatic heterocycles. The van der Waals surface area contributed by atoms with Gasteiger partial charge in [0.05, 0.1) is 53.9 Å². The van der Waals surface area contributed by atoms with Crippen LogP contribution in [0, 0.1) is 5.92 Å². The maximum absolute atomic E-state index is 6.66. The molecule has 0 unspecified atom stereocenters. The summed E-state index contributed by atoms with van der Waals surface area (Å²) in [7, 11) is 4.71. The van der Waals surface area contributed by atoms with Gasteiger partial charge in [0.15, 0.2) is 11.5 Å². The summed E-state index contributed by atoms with van der Waals surface area (Å²) in [6.45, 7) is 3.59. The molecule has 0 N–H and O–H groups in total. The highest BCUT2D eigenvalue weighted by Crippen LogP contribution is 2.42. The molecule has 8 nitrogen and oxygen atoms in total. The van der Waals surface area contributed by atoms with Crippen LogP contribution in [0.3, 0.4) is 0 Å². The summed E-state index contributed by atoms with van der Waals surface area (Å²) in [6.07, 6.45) is -1.98. The van der Waals surface area contributed by atoms with Crippen LogP contribution in [0.4, 0.5) is 0 Å². The second kappa shape index (κ2) is 16.3. The van der Waals surface area contributed by atoms with Crippen molar-refractivity contribution in [3.63, 3.8) is 0 Å². The molecule has 1 heterocycles. The SMILES string of the molecule is COc1cc(O[C@H]2O[C@H](COCc3ccccc3)[C@@H](OCc3ccccc3)[C@H](OCc3ccccc3)[C@@H]2C)cc(OC)c1OC. The fraction of sp³-hybridized carbons (Fsp3) is 0.351. The summed E-state index contributed by atoms with van der Waals surface area (Å²) < 4.78 is 49.3. The summed E-state index contributed by atoms with van der Waals surface area (Å²) in [5, 5.41) is 0. The van der Waals surface area contributed by atoms with Gasteiger partial charge in [0.2, 0.25) is 12.0 Å². The summed E-state index contributed by atoms with van der Waals surface area (Å²) in [5.74, 6) is 1.74. The van der Waals surface area contributed by atoms with Crippen LogP contribution in [0.15, 0.2) is 103 Å². The maximum Gasteiger partial charge on any atom is 0.205 e. The van der Waals surface area contributed by atoms with Gasteiger partial charge in [-0.3, -0.25) is 0 Å². The Morgan fingerprint density at radius 3 is 1.58 bits per heavy atom. The second-order valence-electron chi connectivity index (χ2n) is 10.9. The summed E-state index contributed by atoms with van der Waals surface area (Å²) in [4.78, 5) is 0. The molecule has 5 atom stereocenters. The van der Waals surface area contributed by atoms with Gasteiger partial charge in [0, 0.05) is 18.1 Å². The normalized spacial score (nSPS) is 21.2. The van der Waals surface area contributed by atoms with E-state index in [0.29, 0.717) is 42.8 Å². The highest BCUT2D eigenvalue weighted by molar-refractivity contribution is 5.55. The van der Waals surface area contributed by atoms with E-state index < -0.39 is 18.5 Å². The monoisotopic (exact) mass is 614 g/mol. The fourth-order valence-electron chi connectivity index (χ4n) is 5.42. The van der Waals surface area contributed by atoms with E-state index in [4.69, 9.17) is 37.9 Å². The van der Waals surface area contributed by atoms with Crippen molar-refractivity contribution >= 4 is 0 Å². The van der Waals surface area contributed by atoms with E-state index in [1.165, 1.54) is 0 Å². The van der Waals surface area contributed by atoms with Crippen LogP contribution >= 0.6 is 0 Å². The summed E-state index contributed by atoms with van der Waals surface area (Å²) in [6, 6.07) is 33.8. The van der Waals surface area contributed by atoms with Crippen LogP contribution in [0.25, 0.3) is 0 Å². The molecule has 1 aliphatic heterocycles. The predicted octanol–water partition coefficient (Wildman–Crippen LogP) is 6.84. The van der Waals surface area contributed by atoms with Gasteiger partial charge in [-0.15, -0.1) is 0 Å². The first kappa shape index (κ1) is 32.3. The van der Waals surface area contributed by atoms with Crippen molar-refractivity contribution in [1.82, 2.24) is 0 Å². The molecule has 4 aromatic carbocycles. The zero-order valence-corrected chi connectivity index (χ0v) is 26.3. The van der Waals surface area contributed by atoms with E-state index in [-0.39, 0.29) is 18.6 Å². The van der Waals surface area contributed by atoms with Crippen LogP contribution in [-0.2, 0) is 38.8 Å². The number of rotatable bonds is 15. The quantitative estimate of drug-likeness (QED) is 0.144. The molecule has 0 bridgehead atoms. The predicted molar refractivity (Wildman–Crippen MR) is 171 cm³/mol. The Kier molecular flexibility index (Phi) is 11.7. The number of methoxy groups -OCH3 is 3. The molecule has 1 saturated heterocycles. The van der Waals surface area contributed by atoms with Gasteiger partial charge in [-0.1, -0.05) is 97.9 Å². The van der Waals surface area contributed by atoms with Gasteiger partial charge in [0.1, 0.15) is 18.0 Å². The van der Waals surface area contributed by atoms with E-state index in [0.717, 1.165) is 16.7 Å². The average molecular weight is 615 g/mol. The van der Waals surface area contributed by atoms with E-state index in [9.17, 15) is 0 Å². The molecule has 0 aliphatic carbocycles. The van der Waals surface area contributed by atoms with E-state index in [2.05, 4.69) is 6.92 Å². The fourth-order valence-corrected chi connectivity index (χ4v) is 5.42. The lowest BCUT2D eigenvalue weighted by Crippen LogP contribution is -2.58. The minimum Gasteiger partial charge on any atom is -0.493 e. The topological polar surface area (TPSA) is 73.8 Å². The van der Waals surface area contributed by atoms with E-state index >= 15 is 0 Å². The minimum absolute atomic E-state index is 0.223. The molecule has 238 valence electrons. The van der Waals surface area contributed by atoms with Gasteiger partial charge < -0.3 is 37.9 Å². The lowest BCUT2D eigenvalue weighted by Gasteiger charge is -2.45. The van der Waals surface area contributed by atoms with Gasteiger partial charge in [-0.05, 0) is 16.7 Å². The summed E-state index contributed by atoms with van der Waals surface area (Å²) >= 11 is 0. The molecule has 45 heavy (non-hydrogen) atoms. The van der Waals surface area contributed by atoms with E-state index in [1.54, 1.807) is 33.5 Å². The molecule has 8 heteroatoms. The molecule has 1 aliphatic rings. The first-order valence-corrected chi connectivity index (χ1v) is 15.1. The Morgan fingerprint density at radius 1 is 0.600 bits per heavy atom. The van der Waals surface area contributed by atoms with Gasteiger partial charge in [-0.25, -0.2) is 0 Å². The Labute approximate surface area is 265 Å². The average Bonchev–Trinajstić information content (AvgIpc) is 3.09. The molecule has 5 rings (SSSR count). The standard InChI is InChI=1S/C37H42O8/c1-26-34(42-23-28-16-10-6-11-17-28)36(43-24-29-18-12-7-13-19-29)33(25-41-22-27-14-8-5-9-15-27)45-37(26)44-30-20-31(38-2)35(40-4)32(21-30)39-3/h5-21,26,33-34,36-37H,22-25H2,1-4H3/t26-,33+,34+,36+,37-/m0/s1. The molecular formula is C37H42O8. The van der Waals surface area contributed by atoms with E-state index in [1.807, 2.05) is 91.0 Å². The third-order valence-electron chi connectivity index (χ3n) is 7.80. The second-order valence-corrected chi connectivity index (χ2v) is 10.9. The molecular weight excluding hydrogens is 572 g/mol. The molecule has 0 radical (unpaired) electrons. The molecule has 0 amide bonds. The molecule has 0 spiro atoms. The third kappa shape index (κ3) is 8.55. The minimum atomic E-state index is -0.685. The largest absolute Gasteiger partial charge is 0.493 e. The van der Waals surface area contributed by atoms with Crippen LogP contribution in [0.5, 0.6) is 23.0 Å². The van der Waals surface area contributed by atoms with Crippen molar-refractivity contribution in [1.29, 1.82) is 0 Å². The van der Waals surface area contributed by atoms with Gasteiger partial charge in [-0.2, -0.15) is 0 Å². The Morgan fingerprint density at radius 2 is 1.09 bits per heavy atom. The summed E-state index contributed by atoms with van der Waals surface area (Å²) in [5.41, 5.74) is 3.20. The third-order valence-corrected chi connectivity index (χ3v) is 7.80. The van der Waals surface area contributed by atoms with Crippen molar-refractivity contribution in [2.24, 2.45) is 5.92 Å². The van der Waals surface area contributed by atoms with Crippen molar-refractivity contribution < 1.29 is 37.9 Å². The van der Waals surface area contributed by atoms with Crippen LogP contribution in [0.2, 0.25) is 0 Å². The number of hydrogen-bond acceptors (Lipinski definition) is 8. The van der Waals surface area contributed by atoms with Crippen LogP contribution < -0.4 is 18.9 Å². The Bertz CT molecular complexity index is 1410. The zero-order chi connectivity index (χ0) is 31.4. The number of hydrogen-bond donors (Lipinski definition) is 0. The van der Waals surface area contributed by atoms with Crippen LogP contribution in [0.1, 0.15) is 23.6 Å². The first-order chi connectivity index (χ1) is 22.1. The van der Waals surface area contributed by atoms with Gasteiger partial charge >= 0.3 is 0 Å². The van der Waals surface area contributed by atoms with Gasteiger partial charge in [0.25, 0.3) is 0 Å². The first-order valence-electron chi connectivity index (χ1n) is 15.1. The highest BCUT2D eigenvalue weighted by Gasteiger charge is 2.47. The Balaban J connectivity index is 1.42. The maximum atomic E-state index is 6.66. The zero-order valence-electron chi connectivity index (χ0n) is 26.3. The lowest BCUT2D eigenvalue weighted by atomic mass is 9.91. The van der Waals surface area contributed by atoms with Crippen molar-refractivity contribution in [2.75, 3.05) is 27.9 Å². The Hall–Kier alpha value is -4.08. The number of benzene rings is 4. The lowest BCUT2D eigenvalue weighted by molar-refractivity contribution is -0.281. The molecule has 4 aromatic rings. The molecule has 0 saturated carbocycles. The molecule has 1 fully saturated rings. The van der Waals surface area contributed by atoms with Crippen molar-refractivity contribution in [3.05, 3.63) is 120 Å². The van der Waals surface area contributed by atoms with Crippen molar-refractivity contribution in [2.45, 2.75) is 51.3 Å². The number of ether oxygens (including phenoxy) is 8. The van der Waals surface area contributed by atoms with Crippen LogP contribution in [-0.4, -0.2) is 52.5 Å². The van der Waals surface area contributed by atoms with Crippen molar-refractivity contribution in [3.8, 4) is 23.0 Å².